The number of urea groups is 1. The van der Waals surface area contributed by atoms with Gasteiger partial charge in [-0.1, -0.05) is 0 Å². The van der Waals surface area contributed by atoms with E-state index in [0.29, 0.717) is 13.1 Å². The second-order valence-electron chi connectivity index (χ2n) is 5.59. The molecule has 3 heterocycles. The Morgan fingerprint density at radius 3 is 2.67 bits per heavy atom. The van der Waals surface area contributed by atoms with Crippen molar-refractivity contribution in [2.75, 3.05) is 44.7 Å². The Morgan fingerprint density at radius 2 is 1.96 bits per heavy atom. The van der Waals surface area contributed by atoms with Crippen LogP contribution >= 0.6 is 0 Å². The molecule has 128 valence electrons. The Morgan fingerprint density at radius 1 is 1.21 bits per heavy atom. The highest BCUT2D eigenvalue weighted by Crippen LogP contribution is 2.22. The van der Waals surface area contributed by atoms with Gasteiger partial charge in [0.15, 0.2) is 5.65 Å². The first kappa shape index (κ1) is 16.1. The van der Waals surface area contributed by atoms with Crippen LogP contribution in [0, 0.1) is 0 Å². The van der Waals surface area contributed by atoms with Gasteiger partial charge in [0.25, 0.3) is 0 Å². The minimum absolute atomic E-state index is 0.202. The molecule has 0 atom stereocenters. The number of carbonyl (C=O) groups excluding carboxylic acids is 2. The quantitative estimate of drug-likeness (QED) is 0.737. The fourth-order valence-corrected chi connectivity index (χ4v) is 2.75. The molecule has 2 N–H and O–H groups in total. The number of imide groups is 1. The fraction of sp³-hybridized carbons (Fsp3) is 0.500. The van der Waals surface area contributed by atoms with Crippen LogP contribution < -0.4 is 15.5 Å². The molecule has 1 aliphatic rings. The molecule has 0 bridgehead atoms. The number of aryl methyl sites for hydroxylation is 1. The SMILES string of the molecule is CNC(=O)NC(=O)CN1CCN(c2ncnc3c2cnn3C)CC1. The Hall–Kier alpha value is -2.75. The van der Waals surface area contributed by atoms with Gasteiger partial charge in [-0.3, -0.25) is 19.7 Å². The zero-order valence-corrected chi connectivity index (χ0v) is 13.7. The molecule has 10 heteroatoms. The highest BCUT2D eigenvalue weighted by molar-refractivity contribution is 5.95. The number of nitrogens with one attached hydrogen (secondary N) is 2. The highest BCUT2D eigenvalue weighted by Gasteiger charge is 2.22. The van der Waals surface area contributed by atoms with Gasteiger partial charge in [0.05, 0.1) is 18.1 Å². The van der Waals surface area contributed by atoms with Crippen LogP contribution in [0.4, 0.5) is 10.6 Å². The molecule has 2 aromatic heterocycles. The van der Waals surface area contributed by atoms with Crippen LogP contribution in [0.5, 0.6) is 0 Å². The van der Waals surface area contributed by atoms with Crippen LogP contribution in [-0.4, -0.2) is 76.4 Å². The van der Waals surface area contributed by atoms with Crippen LogP contribution in [0.1, 0.15) is 0 Å². The number of hydrogen-bond donors (Lipinski definition) is 2. The lowest BCUT2D eigenvalue weighted by atomic mass is 10.2. The number of nitrogens with zero attached hydrogens (tertiary/aromatic N) is 6. The zero-order chi connectivity index (χ0) is 17.1. The second-order valence-corrected chi connectivity index (χ2v) is 5.59. The summed E-state index contributed by atoms with van der Waals surface area (Å²) in [6.45, 7) is 3.12. The molecule has 3 amide bonds. The van der Waals surface area contributed by atoms with E-state index < -0.39 is 6.03 Å². The lowest BCUT2D eigenvalue weighted by molar-refractivity contribution is -0.121. The van der Waals surface area contributed by atoms with Crippen molar-refractivity contribution in [3.05, 3.63) is 12.5 Å². The first-order valence-corrected chi connectivity index (χ1v) is 7.70. The number of carbonyl (C=O) groups is 2. The normalized spacial score (nSPS) is 15.5. The summed E-state index contributed by atoms with van der Waals surface area (Å²) in [6.07, 6.45) is 3.32. The Labute approximate surface area is 138 Å². The molecule has 0 aromatic carbocycles. The number of hydrogen-bond acceptors (Lipinski definition) is 7. The molecule has 0 aliphatic carbocycles. The minimum atomic E-state index is -0.487. The predicted molar refractivity (Wildman–Crippen MR) is 87.6 cm³/mol. The number of anilines is 1. The van der Waals surface area contributed by atoms with Crippen LogP contribution in [0.3, 0.4) is 0 Å². The average Bonchev–Trinajstić information content (AvgIpc) is 2.97. The van der Waals surface area contributed by atoms with Gasteiger partial charge < -0.3 is 10.2 Å². The molecule has 24 heavy (non-hydrogen) atoms. The zero-order valence-electron chi connectivity index (χ0n) is 13.7. The van der Waals surface area contributed by atoms with Crippen molar-refractivity contribution >= 4 is 28.8 Å². The molecule has 1 aliphatic heterocycles. The maximum Gasteiger partial charge on any atom is 0.321 e. The van der Waals surface area contributed by atoms with Gasteiger partial charge in [0.1, 0.15) is 12.1 Å². The molecule has 0 spiro atoms. The van der Waals surface area contributed by atoms with E-state index in [-0.39, 0.29) is 12.5 Å². The van der Waals surface area contributed by atoms with E-state index in [4.69, 9.17) is 0 Å². The number of fused-ring (bicyclic) bond motifs is 1. The molecule has 1 saturated heterocycles. The Kier molecular flexibility index (Phi) is 4.56. The van der Waals surface area contributed by atoms with Crippen molar-refractivity contribution in [2.24, 2.45) is 7.05 Å². The van der Waals surface area contributed by atoms with Gasteiger partial charge in [-0.15, -0.1) is 0 Å². The topological polar surface area (TPSA) is 108 Å². The summed E-state index contributed by atoms with van der Waals surface area (Å²) in [5.74, 6) is 0.557. The van der Waals surface area contributed by atoms with Crippen LogP contribution in [0.15, 0.2) is 12.5 Å². The largest absolute Gasteiger partial charge is 0.353 e. The molecule has 1 fully saturated rings. The van der Waals surface area contributed by atoms with Gasteiger partial charge in [-0.25, -0.2) is 14.8 Å². The second kappa shape index (κ2) is 6.79. The maximum absolute atomic E-state index is 11.8. The highest BCUT2D eigenvalue weighted by atomic mass is 16.2. The van der Waals surface area contributed by atoms with Crippen LogP contribution in [0.25, 0.3) is 11.0 Å². The van der Waals surface area contributed by atoms with Gasteiger partial charge in [-0.05, 0) is 0 Å². The van der Waals surface area contributed by atoms with Crippen LogP contribution in [0.2, 0.25) is 0 Å². The number of amides is 3. The molecule has 2 aromatic rings. The van der Waals surface area contributed by atoms with Crippen molar-refractivity contribution in [3.8, 4) is 0 Å². The summed E-state index contributed by atoms with van der Waals surface area (Å²) >= 11 is 0. The van der Waals surface area contributed by atoms with Crippen molar-refractivity contribution < 1.29 is 9.59 Å². The Balaban J connectivity index is 1.60. The van der Waals surface area contributed by atoms with Gasteiger partial charge in [-0.2, -0.15) is 5.10 Å². The lowest BCUT2D eigenvalue weighted by Gasteiger charge is -2.35. The fourth-order valence-electron chi connectivity index (χ4n) is 2.75. The van der Waals surface area contributed by atoms with Crippen molar-refractivity contribution in [1.29, 1.82) is 0 Å². The number of rotatable bonds is 3. The smallest absolute Gasteiger partial charge is 0.321 e. The molecule has 10 nitrogen and oxygen atoms in total. The van der Waals surface area contributed by atoms with Crippen molar-refractivity contribution in [2.45, 2.75) is 0 Å². The van der Waals surface area contributed by atoms with Gasteiger partial charge in [0.2, 0.25) is 5.91 Å². The van der Waals surface area contributed by atoms with Gasteiger partial charge in [0, 0.05) is 40.3 Å². The van der Waals surface area contributed by atoms with E-state index in [1.54, 1.807) is 17.2 Å². The number of aromatic nitrogens is 4. The standard InChI is InChI=1S/C14H20N8O2/c1-15-14(24)19-11(23)8-21-3-5-22(6-4-21)13-10-7-18-20(2)12(10)16-9-17-13/h7,9H,3-6,8H2,1-2H3,(H2,15,19,23,24). The molecule has 0 saturated carbocycles. The predicted octanol–water partition coefficient (Wildman–Crippen LogP) is -1.06. The Bertz CT molecular complexity index is 750. The van der Waals surface area contributed by atoms with Crippen molar-refractivity contribution in [1.82, 2.24) is 35.3 Å². The third-order valence-electron chi connectivity index (χ3n) is 4.03. The molecule has 3 rings (SSSR count). The summed E-state index contributed by atoms with van der Waals surface area (Å²) in [7, 11) is 3.32. The van der Waals surface area contributed by atoms with Gasteiger partial charge >= 0.3 is 6.03 Å². The summed E-state index contributed by atoms with van der Waals surface area (Å²) in [6, 6.07) is -0.487. The van der Waals surface area contributed by atoms with E-state index in [1.165, 1.54) is 7.05 Å². The molecule has 0 radical (unpaired) electrons. The third kappa shape index (κ3) is 3.27. The first-order chi connectivity index (χ1) is 11.6. The average molecular weight is 332 g/mol. The first-order valence-electron chi connectivity index (χ1n) is 7.70. The van der Waals surface area contributed by atoms with Crippen molar-refractivity contribution in [3.63, 3.8) is 0 Å². The van der Waals surface area contributed by atoms with E-state index >= 15 is 0 Å². The summed E-state index contributed by atoms with van der Waals surface area (Å²) < 4.78 is 1.72. The lowest BCUT2D eigenvalue weighted by Crippen LogP contribution is -2.51. The maximum atomic E-state index is 11.8. The summed E-state index contributed by atoms with van der Waals surface area (Å²) in [4.78, 5) is 35.7. The third-order valence-corrected chi connectivity index (χ3v) is 4.03. The van der Waals surface area contributed by atoms with E-state index in [2.05, 4.69) is 30.6 Å². The van der Waals surface area contributed by atoms with E-state index in [9.17, 15) is 9.59 Å². The summed E-state index contributed by atoms with van der Waals surface area (Å²) in [5, 5.41) is 9.78. The summed E-state index contributed by atoms with van der Waals surface area (Å²) in [5.41, 5.74) is 0.799. The minimum Gasteiger partial charge on any atom is -0.353 e. The number of piperazine rings is 1. The molecular weight excluding hydrogens is 312 g/mol. The molecule has 0 unspecified atom stereocenters. The van der Waals surface area contributed by atoms with E-state index in [0.717, 1.165) is 29.9 Å². The van der Waals surface area contributed by atoms with E-state index in [1.807, 2.05) is 11.9 Å². The monoisotopic (exact) mass is 332 g/mol. The molecular formula is C14H20N8O2. The van der Waals surface area contributed by atoms with Crippen LogP contribution in [-0.2, 0) is 11.8 Å².